The van der Waals surface area contributed by atoms with E-state index in [0.29, 0.717) is 22.7 Å². The van der Waals surface area contributed by atoms with Crippen LogP contribution in [0.4, 0.5) is 5.69 Å². The van der Waals surface area contributed by atoms with Crippen LogP contribution in [-0.4, -0.2) is 29.6 Å². The van der Waals surface area contributed by atoms with Crippen LogP contribution in [0.25, 0.3) is 0 Å². The molecule has 2 aromatic rings. The fraction of sp³-hybridized carbons (Fsp3) is 0.235. The second-order valence-electron chi connectivity index (χ2n) is 5.70. The number of aromatic nitrogens is 1. The zero-order chi connectivity index (χ0) is 16.5. The van der Waals surface area contributed by atoms with Crippen molar-refractivity contribution in [3.8, 4) is 11.5 Å². The molecular formula is C17H15N3O4. The zero-order valence-electron chi connectivity index (χ0n) is 12.7. The van der Waals surface area contributed by atoms with E-state index in [0.717, 1.165) is 12.8 Å². The molecule has 122 valence electrons. The highest BCUT2D eigenvalue weighted by atomic mass is 16.7. The number of nitrogens with one attached hydrogen (secondary N) is 2. The lowest BCUT2D eigenvalue weighted by Crippen LogP contribution is -2.26. The molecule has 1 aromatic heterocycles. The summed E-state index contributed by atoms with van der Waals surface area (Å²) >= 11 is 0. The molecule has 0 atom stereocenters. The predicted octanol–water partition coefficient (Wildman–Crippen LogP) is 1.95. The Morgan fingerprint density at radius 2 is 1.88 bits per heavy atom. The maximum Gasteiger partial charge on any atom is 0.270 e. The number of carbonyl (C=O) groups excluding carboxylic acids is 2. The summed E-state index contributed by atoms with van der Waals surface area (Å²) in [4.78, 5) is 28.4. The topological polar surface area (TPSA) is 89.6 Å². The van der Waals surface area contributed by atoms with Gasteiger partial charge in [0.25, 0.3) is 11.8 Å². The predicted molar refractivity (Wildman–Crippen MR) is 85.2 cm³/mol. The molecule has 0 spiro atoms. The number of pyridine rings is 1. The number of ether oxygens (including phenoxy) is 2. The van der Waals surface area contributed by atoms with Crippen LogP contribution in [0.3, 0.4) is 0 Å². The highest BCUT2D eigenvalue weighted by molar-refractivity contribution is 6.05. The number of anilines is 1. The van der Waals surface area contributed by atoms with E-state index in [1.807, 2.05) is 0 Å². The highest BCUT2D eigenvalue weighted by Crippen LogP contribution is 2.34. The van der Waals surface area contributed by atoms with E-state index in [1.165, 1.54) is 12.3 Å². The van der Waals surface area contributed by atoms with Crippen molar-refractivity contribution >= 4 is 17.5 Å². The fourth-order valence-corrected chi connectivity index (χ4v) is 2.36. The lowest BCUT2D eigenvalue weighted by molar-refractivity contribution is 0.0946. The number of fused-ring (bicyclic) bond motifs is 1. The number of nitrogens with zero attached hydrogens (tertiary/aromatic N) is 1. The van der Waals surface area contributed by atoms with Crippen molar-refractivity contribution in [1.29, 1.82) is 0 Å². The smallest absolute Gasteiger partial charge is 0.270 e. The quantitative estimate of drug-likeness (QED) is 0.897. The summed E-state index contributed by atoms with van der Waals surface area (Å²) in [6.45, 7) is 0.177. The van der Waals surface area contributed by atoms with Crippen LogP contribution in [0.1, 0.15) is 33.7 Å². The van der Waals surface area contributed by atoms with Crippen molar-refractivity contribution in [3.05, 3.63) is 47.8 Å². The summed E-state index contributed by atoms with van der Waals surface area (Å²) in [5.41, 5.74) is 1.19. The molecule has 24 heavy (non-hydrogen) atoms. The van der Waals surface area contributed by atoms with Crippen LogP contribution in [0.5, 0.6) is 11.5 Å². The highest BCUT2D eigenvalue weighted by Gasteiger charge is 2.24. The number of amides is 2. The van der Waals surface area contributed by atoms with Crippen molar-refractivity contribution in [2.24, 2.45) is 0 Å². The third-order valence-electron chi connectivity index (χ3n) is 3.80. The second-order valence-corrected chi connectivity index (χ2v) is 5.70. The molecule has 1 aliphatic carbocycles. The largest absolute Gasteiger partial charge is 0.454 e. The number of carbonyl (C=O) groups is 2. The minimum atomic E-state index is -0.322. The van der Waals surface area contributed by atoms with E-state index in [4.69, 9.17) is 9.47 Å². The Bertz CT molecular complexity index is 817. The molecule has 2 amide bonds. The summed E-state index contributed by atoms with van der Waals surface area (Å²) in [6.07, 6.45) is 3.45. The van der Waals surface area contributed by atoms with Gasteiger partial charge in [0.15, 0.2) is 11.5 Å². The van der Waals surface area contributed by atoms with Crippen LogP contribution in [-0.2, 0) is 0 Å². The van der Waals surface area contributed by atoms with E-state index in [9.17, 15) is 9.59 Å². The van der Waals surface area contributed by atoms with E-state index in [-0.39, 0.29) is 30.3 Å². The first kappa shape index (κ1) is 14.5. The van der Waals surface area contributed by atoms with Crippen LogP contribution >= 0.6 is 0 Å². The molecule has 1 aromatic carbocycles. The molecule has 7 heteroatoms. The first-order valence-electron chi connectivity index (χ1n) is 7.67. The van der Waals surface area contributed by atoms with E-state index < -0.39 is 0 Å². The van der Waals surface area contributed by atoms with Crippen molar-refractivity contribution in [1.82, 2.24) is 10.3 Å². The minimum absolute atomic E-state index is 0.177. The van der Waals surface area contributed by atoms with Gasteiger partial charge in [0.1, 0.15) is 5.69 Å². The number of hydrogen-bond acceptors (Lipinski definition) is 5. The Labute approximate surface area is 138 Å². The van der Waals surface area contributed by atoms with Crippen LogP contribution < -0.4 is 20.1 Å². The molecule has 7 nitrogen and oxygen atoms in total. The Morgan fingerprint density at radius 3 is 2.71 bits per heavy atom. The number of hydrogen-bond donors (Lipinski definition) is 2. The maximum absolute atomic E-state index is 12.4. The second kappa shape index (κ2) is 5.84. The molecule has 1 aliphatic heterocycles. The van der Waals surface area contributed by atoms with E-state index in [1.54, 1.807) is 24.3 Å². The van der Waals surface area contributed by atoms with Gasteiger partial charge in [-0.05, 0) is 37.1 Å². The van der Waals surface area contributed by atoms with Gasteiger partial charge in [-0.15, -0.1) is 0 Å². The van der Waals surface area contributed by atoms with Gasteiger partial charge in [-0.25, -0.2) is 0 Å². The van der Waals surface area contributed by atoms with Crippen molar-refractivity contribution in [2.75, 3.05) is 12.1 Å². The van der Waals surface area contributed by atoms with Crippen molar-refractivity contribution in [3.63, 3.8) is 0 Å². The first-order valence-corrected chi connectivity index (χ1v) is 7.67. The summed E-state index contributed by atoms with van der Waals surface area (Å²) in [7, 11) is 0. The van der Waals surface area contributed by atoms with Crippen LogP contribution in [0.2, 0.25) is 0 Å². The maximum atomic E-state index is 12.4. The third kappa shape index (κ3) is 3.01. The summed E-state index contributed by atoms with van der Waals surface area (Å²) in [5, 5.41) is 5.62. The van der Waals surface area contributed by atoms with Gasteiger partial charge in [0, 0.05) is 29.6 Å². The van der Waals surface area contributed by atoms with Gasteiger partial charge in [0.05, 0.1) is 0 Å². The Balaban J connectivity index is 1.48. The Kier molecular flexibility index (Phi) is 3.53. The zero-order valence-corrected chi connectivity index (χ0v) is 12.7. The Morgan fingerprint density at radius 1 is 1.04 bits per heavy atom. The SMILES string of the molecule is O=C(Nc1ccc2c(c1)OCO2)c1ccnc(C(=O)NC2CC2)c1. The van der Waals surface area contributed by atoms with Crippen molar-refractivity contribution in [2.45, 2.75) is 18.9 Å². The van der Waals surface area contributed by atoms with Gasteiger partial charge in [-0.3, -0.25) is 14.6 Å². The summed E-state index contributed by atoms with van der Waals surface area (Å²) in [5.74, 6) is 0.662. The van der Waals surface area contributed by atoms with Crippen LogP contribution in [0.15, 0.2) is 36.5 Å². The molecule has 1 saturated carbocycles. The summed E-state index contributed by atoms with van der Waals surface area (Å²) in [6, 6.07) is 8.45. The molecule has 2 N–H and O–H groups in total. The number of benzene rings is 1. The van der Waals surface area contributed by atoms with Gasteiger partial charge >= 0.3 is 0 Å². The molecule has 2 heterocycles. The Hall–Kier alpha value is -3.09. The van der Waals surface area contributed by atoms with Gasteiger partial charge in [-0.1, -0.05) is 0 Å². The summed E-state index contributed by atoms with van der Waals surface area (Å²) < 4.78 is 10.5. The molecule has 1 fully saturated rings. The lowest BCUT2D eigenvalue weighted by Gasteiger charge is -2.07. The molecule has 0 radical (unpaired) electrons. The molecule has 2 aliphatic rings. The van der Waals surface area contributed by atoms with Gasteiger partial charge in [0.2, 0.25) is 6.79 Å². The monoisotopic (exact) mass is 325 g/mol. The van der Waals surface area contributed by atoms with Gasteiger partial charge in [-0.2, -0.15) is 0 Å². The van der Waals surface area contributed by atoms with E-state index >= 15 is 0 Å². The third-order valence-corrected chi connectivity index (χ3v) is 3.80. The standard InChI is InChI=1S/C17H15N3O4/c21-16(20-12-3-4-14-15(8-12)24-9-23-14)10-5-6-18-13(7-10)17(22)19-11-1-2-11/h3-8,11H,1-2,9H2,(H,19,22)(H,20,21). The molecule has 0 unspecified atom stereocenters. The first-order chi connectivity index (χ1) is 11.7. The lowest BCUT2D eigenvalue weighted by atomic mass is 10.2. The number of rotatable bonds is 4. The molecule has 4 rings (SSSR count). The molecule has 0 bridgehead atoms. The van der Waals surface area contributed by atoms with Gasteiger partial charge < -0.3 is 20.1 Å². The normalized spacial score (nSPS) is 15.0. The fourth-order valence-electron chi connectivity index (χ4n) is 2.36. The average molecular weight is 325 g/mol. The molecule has 0 saturated heterocycles. The molecular weight excluding hydrogens is 310 g/mol. The average Bonchev–Trinajstić information content (AvgIpc) is 3.29. The van der Waals surface area contributed by atoms with Crippen molar-refractivity contribution < 1.29 is 19.1 Å². The van der Waals surface area contributed by atoms with E-state index in [2.05, 4.69) is 15.6 Å². The minimum Gasteiger partial charge on any atom is -0.454 e. The van der Waals surface area contributed by atoms with Crippen LogP contribution in [0, 0.1) is 0 Å².